The molecule has 2 rings (SSSR count). The molecule has 0 bridgehead atoms. The lowest BCUT2D eigenvalue weighted by molar-refractivity contribution is -0.123. The van der Waals surface area contributed by atoms with Crippen LogP contribution >= 0.6 is 0 Å². The van der Waals surface area contributed by atoms with Gasteiger partial charge in [-0.2, -0.15) is 0 Å². The minimum atomic E-state index is -0.617. The largest absolute Gasteiger partial charge is 0.350 e. The van der Waals surface area contributed by atoms with Gasteiger partial charge in [-0.15, -0.1) is 0 Å². The maximum atomic E-state index is 12.9. The number of hydroxylamine groups is 1. The first-order chi connectivity index (χ1) is 13.2. The summed E-state index contributed by atoms with van der Waals surface area (Å²) in [5.74, 6) is -1.14. The fraction of sp³-hybridized carbons (Fsp3) is 0.286. The average molecular weight is 383 g/mol. The Morgan fingerprint density at radius 3 is 2.07 bits per heavy atom. The molecule has 0 unspecified atom stereocenters. The first kappa shape index (κ1) is 21.1. The second-order valence-electron chi connectivity index (χ2n) is 7.46. The van der Waals surface area contributed by atoms with Gasteiger partial charge in [0.1, 0.15) is 6.54 Å². The Kier molecular flexibility index (Phi) is 6.89. The summed E-state index contributed by atoms with van der Waals surface area (Å²) in [6.07, 6.45) is 0. The molecule has 0 fully saturated rings. The minimum Gasteiger partial charge on any atom is -0.350 e. The van der Waals surface area contributed by atoms with Crippen LogP contribution in [0.15, 0.2) is 54.6 Å². The first-order valence-electron chi connectivity index (χ1n) is 8.88. The molecule has 0 radical (unpaired) electrons. The fourth-order valence-electron chi connectivity index (χ4n) is 2.64. The molecule has 3 N–H and O–H groups in total. The van der Waals surface area contributed by atoms with Crippen molar-refractivity contribution < 1.29 is 19.6 Å². The molecule has 7 heteroatoms. The Labute approximate surface area is 164 Å². The lowest BCUT2D eigenvalue weighted by Gasteiger charge is -2.26. The molecule has 0 aliphatic rings. The van der Waals surface area contributed by atoms with Crippen molar-refractivity contribution in [3.8, 4) is 0 Å². The zero-order chi connectivity index (χ0) is 20.7. The summed E-state index contributed by atoms with van der Waals surface area (Å²) in [5, 5.41) is 11.6. The number of hydrogen-bond acceptors (Lipinski definition) is 4. The van der Waals surface area contributed by atoms with Crippen molar-refractivity contribution in [1.82, 2.24) is 15.7 Å². The molecule has 2 aromatic rings. The molecule has 2 aromatic carbocycles. The number of amides is 3. The summed E-state index contributed by atoms with van der Waals surface area (Å²) in [7, 11) is 0. The molecule has 0 heterocycles. The smallest absolute Gasteiger partial charge is 0.274 e. The number of carbonyl (C=O) groups is 3. The van der Waals surface area contributed by atoms with Gasteiger partial charge in [0, 0.05) is 23.2 Å². The molecule has 148 valence electrons. The number of hydrogen-bond donors (Lipinski definition) is 3. The third kappa shape index (κ3) is 6.21. The van der Waals surface area contributed by atoms with Crippen molar-refractivity contribution in [1.29, 1.82) is 0 Å². The summed E-state index contributed by atoms with van der Waals surface area (Å²) >= 11 is 0. The molecule has 0 spiro atoms. The van der Waals surface area contributed by atoms with Crippen molar-refractivity contribution in [3.05, 3.63) is 71.3 Å². The van der Waals surface area contributed by atoms with E-state index in [2.05, 4.69) is 5.32 Å². The summed E-state index contributed by atoms with van der Waals surface area (Å²) in [6, 6.07) is 15.2. The van der Waals surface area contributed by atoms with E-state index in [4.69, 9.17) is 5.21 Å². The maximum Gasteiger partial charge on any atom is 0.274 e. The minimum absolute atomic E-state index is 0.0934. The highest BCUT2D eigenvalue weighted by molar-refractivity contribution is 5.96. The standard InChI is InChI=1S/C21H25N3O4/c1-21(2,3)22-18(25)14-24(20(27)17-7-5-4-6-8-17)13-15-9-11-16(12-10-15)19(26)23-28/h4-12,28H,13-14H2,1-3H3,(H,22,25)(H,23,26). The lowest BCUT2D eigenvalue weighted by Crippen LogP contribution is -2.47. The molecule has 0 aromatic heterocycles. The Balaban J connectivity index is 2.21. The monoisotopic (exact) mass is 383 g/mol. The van der Waals surface area contributed by atoms with E-state index >= 15 is 0 Å². The predicted molar refractivity (Wildman–Crippen MR) is 105 cm³/mol. The predicted octanol–water partition coefficient (Wildman–Crippen LogP) is 2.36. The molecule has 0 saturated heterocycles. The van der Waals surface area contributed by atoms with Gasteiger partial charge in [-0.3, -0.25) is 19.6 Å². The van der Waals surface area contributed by atoms with Crippen LogP contribution in [-0.4, -0.2) is 39.9 Å². The van der Waals surface area contributed by atoms with Crippen LogP contribution in [0.25, 0.3) is 0 Å². The van der Waals surface area contributed by atoms with E-state index in [9.17, 15) is 14.4 Å². The highest BCUT2D eigenvalue weighted by Gasteiger charge is 2.22. The van der Waals surface area contributed by atoms with Crippen molar-refractivity contribution in [2.75, 3.05) is 6.54 Å². The van der Waals surface area contributed by atoms with Gasteiger partial charge < -0.3 is 10.2 Å². The summed E-state index contributed by atoms with van der Waals surface area (Å²) in [4.78, 5) is 38.2. The SMILES string of the molecule is CC(C)(C)NC(=O)CN(Cc1ccc(C(=O)NO)cc1)C(=O)c1ccccc1. The van der Waals surface area contributed by atoms with E-state index in [1.165, 1.54) is 4.90 Å². The molecule has 28 heavy (non-hydrogen) atoms. The zero-order valence-electron chi connectivity index (χ0n) is 16.2. The summed E-state index contributed by atoms with van der Waals surface area (Å²) < 4.78 is 0. The first-order valence-corrected chi connectivity index (χ1v) is 8.88. The van der Waals surface area contributed by atoms with Gasteiger partial charge in [-0.25, -0.2) is 5.48 Å². The number of nitrogens with zero attached hydrogens (tertiary/aromatic N) is 1. The van der Waals surface area contributed by atoms with Crippen molar-refractivity contribution in [2.24, 2.45) is 0 Å². The van der Waals surface area contributed by atoms with Crippen LogP contribution in [0.4, 0.5) is 0 Å². The van der Waals surface area contributed by atoms with Gasteiger partial charge in [0.25, 0.3) is 11.8 Å². The Hall–Kier alpha value is -3.19. The molecular formula is C21H25N3O4. The second kappa shape index (κ2) is 9.14. The molecule has 7 nitrogen and oxygen atoms in total. The Morgan fingerprint density at radius 1 is 0.929 bits per heavy atom. The third-order valence-corrected chi connectivity index (χ3v) is 3.85. The van der Waals surface area contributed by atoms with E-state index < -0.39 is 11.4 Å². The Bertz CT molecular complexity index is 827. The van der Waals surface area contributed by atoms with Crippen LogP contribution in [0.2, 0.25) is 0 Å². The number of carbonyl (C=O) groups excluding carboxylic acids is 3. The van der Waals surface area contributed by atoms with Crippen LogP contribution in [0.1, 0.15) is 47.1 Å². The van der Waals surface area contributed by atoms with E-state index in [-0.39, 0.29) is 30.5 Å². The van der Waals surface area contributed by atoms with Crippen LogP contribution in [0, 0.1) is 0 Å². The van der Waals surface area contributed by atoms with Crippen LogP contribution in [0.5, 0.6) is 0 Å². The van der Waals surface area contributed by atoms with Gasteiger partial charge >= 0.3 is 0 Å². The highest BCUT2D eigenvalue weighted by Crippen LogP contribution is 2.12. The Morgan fingerprint density at radius 2 is 1.54 bits per heavy atom. The van der Waals surface area contributed by atoms with E-state index in [0.717, 1.165) is 5.56 Å². The zero-order valence-corrected chi connectivity index (χ0v) is 16.2. The quantitative estimate of drug-likeness (QED) is 0.527. The molecule has 0 atom stereocenters. The number of benzene rings is 2. The van der Waals surface area contributed by atoms with Crippen LogP contribution in [0.3, 0.4) is 0 Å². The normalized spacial score (nSPS) is 10.9. The average Bonchev–Trinajstić information content (AvgIpc) is 2.66. The van der Waals surface area contributed by atoms with Crippen molar-refractivity contribution in [2.45, 2.75) is 32.9 Å². The topological polar surface area (TPSA) is 98.7 Å². The second-order valence-corrected chi connectivity index (χ2v) is 7.46. The van der Waals surface area contributed by atoms with Gasteiger partial charge in [0.2, 0.25) is 5.91 Å². The van der Waals surface area contributed by atoms with E-state index in [1.54, 1.807) is 54.0 Å². The molecular weight excluding hydrogens is 358 g/mol. The fourth-order valence-corrected chi connectivity index (χ4v) is 2.64. The summed E-state index contributed by atoms with van der Waals surface area (Å²) in [6.45, 7) is 5.73. The van der Waals surface area contributed by atoms with Crippen molar-refractivity contribution in [3.63, 3.8) is 0 Å². The molecule has 3 amide bonds. The van der Waals surface area contributed by atoms with E-state index in [1.807, 2.05) is 26.8 Å². The van der Waals surface area contributed by atoms with Gasteiger partial charge in [-0.1, -0.05) is 30.3 Å². The molecule has 0 saturated carbocycles. The third-order valence-electron chi connectivity index (χ3n) is 3.85. The summed E-state index contributed by atoms with van der Waals surface area (Å²) in [5.41, 5.74) is 2.70. The number of nitrogens with one attached hydrogen (secondary N) is 2. The maximum absolute atomic E-state index is 12.9. The van der Waals surface area contributed by atoms with Crippen molar-refractivity contribution >= 4 is 17.7 Å². The lowest BCUT2D eigenvalue weighted by atomic mass is 10.1. The molecule has 0 aliphatic carbocycles. The highest BCUT2D eigenvalue weighted by atomic mass is 16.5. The van der Waals surface area contributed by atoms with Gasteiger partial charge in [-0.05, 0) is 50.6 Å². The van der Waals surface area contributed by atoms with Gasteiger partial charge in [0.15, 0.2) is 0 Å². The molecule has 0 aliphatic heterocycles. The van der Waals surface area contributed by atoms with E-state index in [0.29, 0.717) is 5.56 Å². The van der Waals surface area contributed by atoms with Crippen LogP contribution < -0.4 is 10.8 Å². The van der Waals surface area contributed by atoms with Gasteiger partial charge in [0.05, 0.1) is 0 Å². The number of rotatable bonds is 6. The van der Waals surface area contributed by atoms with Crippen LogP contribution in [-0.2, 0) is 11.3 Å².